The van der Waals surface area contributed by atoms with Crippen molar-refractivity contribution >= 4 is 15.8 Å². The van der Waals surface area contributed by atoms with E-state index in [9.17, 15) is 13.2 Å². The van der Waals surface area contributed by atoms with Crippen LogP contribution in [0.15, 0.2) is 34.1 Å². The number of nitrogens with one attached hydrogen (secondary N) is 2. The second-order valence-electron chi connectivity index (χ2n) is 4.92. The lowest BCUT2D eigenvalue weighted by Gasteiger charge is -2.04. The number of anilines is 1. The topological polar surface area (TPSA) is 123 Å². The summed E-state index contributed by atoms with van der Waals surface area (Å²) in [6.07, 6.45) is 3.67. The summed E-state index contributed by atoms with van der Waals surface area (Å²) in [5.41, 5.74) is 6.04. The van der Waals surface area contributed by atoms with Gasteiger partial charge < -0.3 is 10.3 Å². The summed E-state index contributed by atoms with van der Waals surface area (Å²) in [6.45, 7) is 0.281. The molecule has 0 bridgehead atoms. The average Bonchev–Trinajstić information content (AvgIpc) is 3.19. The van der Waals surface area contributed by atoms with Gasteiger partial charge in [0, 0.05) is 30.5 Å². The van der Waals surface area contributed by atoms with Crippen molar-refractivity contribution in [2.75, 3.05) is 4.72 Å². The summed E-state index contributed by atoms with van der Waals surface area (Å²) < 4.78 is 28.9. The first kappa shape index (κ1) is 13.8. The number of rotatable bonds is 5. The van der Waals surface area contributed by atoms with Crippen LogP contribution in [-0.4, -0.2) is 23.2 Å². The Kier molecular flexibility index (Phi) is 3.30. The van der Waals surface area contributed by atoms with Gasteiger partial charge >= 0.3 is 0 Å². The van der Waals surface area contributed by atoms with E-state index in [0.29, 0.717) is 6.04 Å². The molecular formula is C12H15N5O3S. The van der Waals surface area contributed by atoms with E-state index in [4.69, 9.17) is 5.73 Å². The summed E-state index contributed by atoms with van der Waals surface area (Å²) in [4.78, 5) is 11.1. The van der Waals surface area contributed by atoms with Crippen LogP contribution < -0.4 is 16.0 Å². The quantitative estimate of drug-likeness (QED) is 0.726. The minimum absolute atomic E-state index is 0.0584. The molecule has 21 heavy (non-hydrogen) atoms. The van der Waals surface area contributed by atoms with Crippen LogP contribution in [0.25, 0.3) is 0 Å². The molecule has 0 saturated heterocycles. The number of hydrogen-bond acceptors (Lipinski definition) is 5. The SMILES string of the molecule is NCc1cc(S(=O)(=O)Nc2ccc(=O)[nH]n2)cn1C1CC1. The van der Waals surface area contributed by atoms with E-state index < -0.39 is 15.6 Å². The van der Waals surface area contributed by atoms with Crippen molar-refractivity contribution in [3.8, 4) is 0 Å². The maximum Gasteiger partial charge on any atom is 0.264 e. The lowest BCUT2D eigenvalue weighted by molar-refractivity contribution is 0.600. The third-order valence-corrected chi connectivity index (χ3v) is 4.61. The van der Waals surface area contributed by atoms with Gasteiger partial charge in [-0.1, -0.05) is 0 Å². The van der Waals surface area contributed by atoms with Crippen molar-refractivity contribution in [2.45, 2.75) is 30.3 Å². The molecule has 0 aliphatic heterocycles. The first-order chi connectivity index (χ1) is 9.99. The van der Waals surface area contributed by atoms with Crippen LogP contribution in [0.2, 0.25) is 0 Å². The molecule has 0 unspecified atom stereocenters. The maximum absolute atomic E-state index is 12.3. The molecule has 2 aromatic rings. The molecule has 1 aliphatic carbocycles. The van der Waals surface area contributed by atoms with Gasteiger partial charge in [0.1, 0.15) is 4.90 Å². The highest BCUT2D eigenvalue weighted by Gasteiger charge is 2.28. The molecule has 112 valence electrons. The number of aromatic nitrogens is 3. The van der Waals surface area contributed by atoms with Crippen molar-refractivity contribution in [1.82, 2.24) is 14.8 Å². The lowest BCUT2D eigenvalue weighted by Crippen LogP contribution is -2.16. The van der Waals surface area contributed by atoms with Gasteiger partial charge in [0.05, 0.1) is 0 Å². The molecule has 0 atom stereocenters. The van der Waals surface area contributed by atoms with Crippen LogP contribution in [-0.2, 0) is 16.6 Å². The van der Waals surface area contributed by atoms with E-state index in [2.05, 4.69) is 14.9 Å². The predicted octanol–water partition coefficient (Wildman–Crippen LogP) is 0.166. The highest BCUT2D eigenvalue weighted by Crippen LogP contribution is 2.37. The molecule has 2 heterocycles. The smallest absolute Gasteiger partial charge is 0.264 e. The van der Waals surface area contributed by atoms with E-state index in [1.807, 2.05) is 4.57 Å². The Balaban J connectivity index is 1.90. The molecule has 2 aromatic heterocycles. The molecule has 0 aromatic carbocycles. The Hall–Kier alpha value is -2.13. The summed E-state index contributed by atoms with van der Waals surface area (Å²) in [6, 6.07) is 4.41. The molecule has 1 fully saturated rings. The number of nitrogens with zero attached hydrogens (tertiary/aromatic N) is 2. The normalized spacial score (nSPS) is 15.1. The third-order valence-electron chi connectivity index (χ3n) is 3.28. The van der Waals surface area contributed by atoms with Gasteiger partial charge in [0.2, 0.25) is 0 Å². The summed E-state index contributed by atoms with van der Waals surface area (Å²) in [7, 11) is -3.75. The summed E-state index contributed by atoms with van der Waals surface area (Å²) in [5.74, 6) is 0.0584. The molecule has 3 rings (SSSR count). The zero-order valence-electron chi connectivity index (χ0n) is 11.1. The number of sulfonamides is 1. The van der Waals surface area contributed by atoms with Crippen molar-refractivity contribution in [3.05, 3.63) is 40.4 Å². The Morgan fingerprint density at radius 2 is 2.19 bits per heavy atom. The zero-order chi connectivity index (χ0) is 15.0. The summed E-state index contributed by atoms with van der Waals surface area (Å²) >= 11 is 0. The Bertz CT molecular complexity index is 799. The Labute approximate surface area is 121 Å². The first-order valence-electron chi connectivity index (χ1n) is 6.49. The van der Waals surface area contributed by atoms with Crippen molar-refractivity contribution in [2.24, 2.45) is 5.73 Å². The van der Waals surface area contributed by atoms with Gasteiger partial charge in [-0.05, 0) is 25.0 Å². The van der Waals surface area contributed by atoms with E-state index >= 15 is 0 Å². The lowest BCUT2D eigenvalue weighted by atomic mass is 10.4. The molecule has 8 nitrogen and oxygen atoms in total. The minimum Gasteiger partial charge on any atom is -0.346 e. The number of aromatic amines is 1. The van der Waals surface area contributed by atoms with Crippen molar-refractivity contribution in [3.63, 3.8) is 0 Å². The van der Waals surface area contributed by atoms with Crippen LogP contribution in [0.4, 0.5) is 5.82 Å². The first-order valence-corrected chi connectivity index (χ1v) is 7.97. The largest absolute Gasteiger partial charge is 0.346 e. The molecular weight excluding hydrogens is 294 g/mol. The number of H-pyrrole nitrogens is 1. The van der Waals surface area contributed by atoms with E-state index in [1.165, 1.54) is 12.1 Å². The number of nitrogens with two attached hydrogens (primary N) is 1. The van der Waals surface area contributed by atoms with Crippen LogP contribution in [0, 0.1) is 0 Å². The fourth-order valence-corrected chi connectivity index (χ4v) is 3.15. The highest BCUT2D eigenvalue weighted by molar-refractivity contribution is 7.92. The average molecular weight is 309 g/mol. The van der Waals surface area contributed by atoms with Gasteiger partial charge in [0.25, 0.3) is 15.6 Å². The molecule has 0 radical (unpaired) electrons. The highest BCUT2D eigenvalue weighted by atomic mass is 32.2. The van der Waals surface area contributed by atoms with Gasteiger partial charge in [-0.2, -0.15) is 5.10 Å². The molecule has 0 spiro atoms. The van der Waals surface area contributed by atoms with Gasteiger partial charge in [-0.3, -0.25) is 9.52 Å². The maximum atomic E-state index is 12.3. The second kappa shape index (κ2) is 5.01. The molecule has 9 heteroatoms. The fourth-order valence-electron chi connectivity index (χ4n) is 2.10. The van der Waals surface area contributed by atoms with Gasteiger partial charge in [0.15, 0.2) is 5.82 Å². The van der Waals surface area contributed by atoms with Crippen LogP contribution in [0.5, 0.6) is 0 Å². The van der Waals surface area contributed by atoms with Crippen molar-refractivity contribution < 1.29 is 8.42 Å². The van der Waals surface area contributed by atoms with E-state index in [0.717, 1.165) is 18.5 Å². The van der Waals surface area contributed by atoms with E-state index in [-0.39, 0.29) is 17.3 Å². The third kappa shape index (κ3) is 2.83. The Morgan fingerprint density at radius 3 is 2.76 bits per heavy atom. The fraction of sp³-hybridized carbons (Fsp3) is 0.333. The molecule has 1 saturated carbocycles. The molecule has 1 aliphatic rings. The predicted molar refractivity (Wildman–Crippen MR) is 76.3 cm³/mol. The monoisotopic (exact) mass is 309 g/mol. The molecule has 4 N–H and O–H groups in total. The standard InChI is InChI=1S/C12H15N5O3S/c13-6-9-5-10(7-17(9)8-1-2-8)21(19,20)16-11-3-4-12(18)15-14-11/h3-5,7-8H,1-2,6,13H2,(H,14,16)(H,15,18). The van der Waals surface area contributed by atoms with Crippen molar-refractivity contribution in [1.29, 1.82) is 0 Å². The minimum atomic E-state index is -3.75. The number of hydrogen-bond donors (Lipinski definition) is 3. The van der Waals surface area contributed by atoms with E-state index in [1.54, 1.807) is 12.3 Å². The van der Waals surface area contributed by atoms with Gasteiger partial charge in [-0.25, -0.2) is 13.5 Å². The zero-order valence-corrected chi connectivity index (χ0v) is 11.9. The summed E-state index contributed by atoms with van der Waals surface area (Å²) in [5, 5.41) is 5.80. The van der Waals surface area contributed by atoms with Gasteiger partial charge in [-0.15, -0.1) is 0 Å². The van der Waals surface area contributed by atoms with Crippen LogP contribution in [0.3, 0.4) is 0 Å². The van der Waals surface area contributed by atoms with Crippen LogP contribution in [0.1, 0.15) is 24.6 Å². The Morgan fingerprint density at radius 1 is 1.43 bits per heavy atom. The van der Waals surface area contributed by atoms with Crippen LogP contribution >= 0.6 is 0 Å². The molecule has 0 amide bonds. The second-order valence-corrected chi connectivity index (χ2v) is 6.60.